The zero-order chi connectivity index (χ0) is 25.4. The Balaban J connectivity index is 1.69. The third kappa shape index (κ3) is 7.75. The minimum Gasteiger partial charge on any atom is -0.465 e. The first kappa shape index (κ1) is 26.6. The van der Waals surface area contributed by atoms with E-state index in [4.69, 9.17) is 14.5 Å². The number of hydrogen-bond donors (Lipinski definition) is 1. The van der Waals surface area contributed by atoms with Crippen LogP contribution >= 0.6 is 0 Å². The molecule has 2 aromatic heterocycles. The highest BCUT2D eigenvalue weighted by molar-refractivity contribution is 5.89. The lowest BCUT2D eigenvalue weighted by molar-refractivity contribution is 0.0525. The normalized spacial score (nSPS) is 15.4. The standard InChI is InChI=1S/C27H38N4O4/c1-19-16-21(25(32)34-5)17-30-22(19)18-31(15-7-6-13-29-26(33)35-27(2,3)4)23-12-8-10-20-11-9-14-28-24(20)23/h9,11,14,16-17,23H,6-8,10,12-13,15,18H2,1-5H3,(H,29,33). The van der Waals surface area contributed by atoms with Crippen LogP contribution in [0.15, 0.2) is 30.6 Å². The quantitative estimate of drug-likeness (QED) is 0.407. The van der Waals surface area contributed by atoms with Crippen LogP contribution in [-0.2, 0) is 22.4 Å². The first-order chi connectivity index (χ1) is 16.7. The van der Waals surface area contributed by atoms with Crippen molar-refractivity contribution in [1.29, 1.82) is 0 Å². The van der Waals surface area contributed by atoms with Gasteiger partial charge in [-0.05, 0) is 89.6 Å². The van der Waals surface area contributed by atoms with E-state index in [-0.39, 0.29) is 18.1 Å². The zero-order valence-corrected chi connectivity index (χ0v) is 21.6. The number of nitrogens with one attached hydrogen (secondary N) is 1. The first-order valence-corrected chi connectivity index (χ1v) is 12.4. The predicted molar refractivity (Wildman–Crippen MR) is 134 cm³/mol. The zero-order valence-electron chi connectivity index (χ0n) is 21.6. The van der Waals surface area contributed by atoms with E-state index in [0.29, 0.717) is 18.7 Å². The van der Waals surface area contributed by atoms with Gasteiger partial charge in [0.05, 0.1) is 30.1 Å². The average Bonchev–Trinajstić information content (AvgIpc) is 2.82. The monoisotopic (exact) mass is 482 g/mol. The van der Waals surface area contributed by atoms with Gasteiger partial charge in [0, 0.05) is 25.5 Å². The second-order valence-corrected chi connectivity index (χ2v) is 10.0. The van der Waals surface area contributed by atoms with Crippen LogP contribution < -0.4 is 5.32 Å². The SMILES string of the molecule is COC(=O)c1cnc(CN(CCCCNC(=O)OC(C)(C)C)C2CCCc3cccnc32)c(C)c1. The molecule has 1 unspecified atom stereocenters. The molecule has 0 bridgehead atoms. The Bertz CT molecular complexity index is 1020. The molecular formula is C27H38N4O4. The first-order valence-electron chi connectivity index (χ1n) is 12.4. The number of ether oxygens (including phenoxy) is 2. The second-order valence-electron chi connectivity index (χ2n) is 10.0. The van der Waals surface area contributed by atoms with Crippen molar-refractivity contribution in [3.63, 3.8) is 0 Å². The molecule has 0 fully saturated rings. The molecule has 2 heterocycles. The number of rotatable bonds is 9. The molecular weight excluding hydrogens is 444 g/mol. The van der Waals surface area contributed by atoms with Crippen LogP contribution in [0.2, 0.25) is 0 Å². The Labute approximate surface area is 208 Å². The van der Waals surface area contributed by atoms with E-state index < -0.39 is 5.60 Å². The molecule has 0 spiro atoms. The van der Waals surface area contributed by atoms with Crippen LogP contribution in [0.1, 0.15) is 85.4 Å². The van der Waals surface area contributed by atoms with Gasteiger partial charge >= 0.3 is 12.1 Å². The highest BCUT2D eigenvalue weighted by Gasteiger charge is 2.28. The molecule has 0 aromatic carbocycles. The van der Waals surface area contributed by atoms with Gasteiger partial charge in [-0.25, -0.2) is 9.59 Å². The summed E-state index contributed by atoms with van der Waals surface area (Å²) >= 11 is 0. The van der Waals surface area contributed by atoms with Crippen molar-refractivity contribution in [2.45, 2.75) is 78.0 Å². The molecule has 8 heteroatoms. The fourth-order valence-electron chi connectivity index (χ4n) is 4.42. The maximum atomic E-state index is 11.9. The molecule has 1 aliphatic carbocycles. The maximum absolute atomic E-state index is 11.9. The van der Waals surface area contributed by atoms with Gasteiger partial charge in [0.15, 0.2) is 0 Å². The van der Waals surface area contributed by atoms with Crippen molar-refractivity contribution in [3.05, 3.63) is 58.7 Å². The molecule has 0 saturated heterocycles. The number of alkyl carbamates (subject to hydrolysis) is 1. The van der Waals surface area contributed by atoms with E-state index in [2.05, 4.69) is 21.3 Å². The van der Waals surface area contributed by atoms with Gasteiger partial charge in [0.2, 0.25) is 0 Å². The minimum absolute atomic E-state index is 0.209. The number of esters is 1. The number of pyridine rings is 2. The number of hydrogen-bond acceptors (Lipinski definition) is 7. The molecule has 8 nitrogen and oxygen atoms in total. The number of aryl methyl sites for hydroxylation is 2. The summed E-state index contributed by atoms with van der Waals surface area (Å²) in [6.07, 6.45) is 8.04. The van der Waals surface area contributed by atoms with E-state index in [9.17, 15) is 9.59 Å². The number of fused-ring (bicyclic) bond motifs is 1. The van der Waals surface area contributed by atoms with Crippen LogP contribution in [0.3, 0.4) is 0 Å². The fourth-order valence-corrected chi connectivity index (χ4v) is 4.42. The van der Waals surface area contributed by atoms with Gasteiger partial charge in [0.25, 0.3) is 0 Å². The number of carbonyl (C=O) groups is 2. The molecule has 0 radical (unpaired) electrons. The molecule has 0 saturated carbocycles. The molecule has 1 amide bonds. The number of aromatic nitrogens is 2. The average molecular weight is 483 g/mol. The van der Waals surface area contributed by atoms with E-state index in [1.165, 1.54) is 12.7 Å². The third-order valence-corrected chi connectivity index (χ3v) is 6.11. The van der Waals surface area contributed by atoms with Crippen molar-refractivity contribution >= 4 is 12.1 Å². The van der Waals surface area contributed by atoms with Gasteiger partial charge in [-0.2, -0.15) is 0 Å². The molecule has 0 aliphatic heterocycles. The lowest BCUT2D eigenvalue weighted by Gasteiger charge is -2.35. The predicted octanol–water partition coefficient (Wildman–Crippen LogP) is 4.76. The van der Waals surface area contributed by atoms with E-state index in [1.54, 1.807) is 6.20 Å². The lowest BCUT2D eigenvalue weighted by atomic mass is 9.90. The molecule has 1 atom stereocenters. The molecule has 190 valence electrons. The van der Waals surface area contributed by atoms with E-state index in [1.807, 2.05) is 46.0 Å². The largest absolute Gasteiger partial charge is 0.465 e. The summed E-state index contributed by atoms with van der Waals surface area (Å²) in [5.41, 5.74) is 4.31. The summed E-state index contributed by atoms with van der Waals surface area (Å²) in [5.74, 6) is -0.382. The van der Waals surface area contributed by atoms with Gasteiger partial charge in [-0.15, -0.1) is 0 Å². The molecule has 1 aliphatic rings. The summed E-state index contributed by atoms with van der Waals surface area (Å²) in [5, 5.41) is 2.84. The lowest BCUT2D eigenvalue weighted by Crippen LogP contribution is -2.34. The number of amides is 1. The van der Waals surface area contributed by atoms with Crippen LogP contribution in [0.25, 0.3) is 0 Å². The Kier molecular flexibility index (Phi) is 9.20. The Hall–Kier alpha value is -3.00. The third-order valence-electron chi connectivity index (χ3n) is 6.11. The molecule has 2 aromatic rings. The number of unbranched alkanes of at least 4 members (excludes halogenated alkanes) is 1. The summed E-state index contributed by atoms with van der Waals surface area (Å²) in [6.45, 7) is 9.61. The van der Waals surface area contributed by atoms with Crippen molar-refractivity contribution in [2.75, 3.05) is 20.2 Å². The van der Waals surface area contributed by atoms with Crippen LogP contribution in [-0.4, -0.2) is 52.7 Å². The van der Waals surface area contributed by atoms with Crippen molar-refractivity contribution in [2.24, 2.45) is 0 Å². The van der Waals surface area contributed by atoms with Crippen LogP contribution in [0.5, 0.6) is 0 Å². The highest BCUT2D eigenvalue weighted by atomic mass is 16.6. The van der Waals surface area contributed by atoms with Crippen molar-refractivity contribution in [3.8, 4) is 0 Å². The van der Waals surface area contributed by atoms with Crippen molar-refractivity contribution < 1.29 is 19.1 Å². The van der Waals surface area contributed by atoms with E-state index in [0.717, 1.165) is 55.6 Å². The van der Waals surface area contributed by atoms with Gasteiger partial charge in [-0.1, -0.05) is 6.07 Å². The fraction of sp³-hybridized carbons (Fsp3) is 0.556. The summed E-state index contributed by atoms with van der Waals surface area (Å²) in [4.78, 5) is 35.6. The van der Waals surface area contributed by atoms with Crippen molar-refractivity contribution in [1.82, 2.24) is 20.2 Å². The van der Waals surface area contributed by atoms with Crippen LogP contribution in [0, 0.1) is 6.92 Å². The minimum atomic E-state index is -0.503. The Morgan fingerprint density at radius 1 is 1.23 bits per heavy atom. The molecule has 3 rings (SSSR count). The van der Waals surface area contributed by atoms with Crippen LogP contribution in [0.4, 0.5) is 4.79 Å². The molecule has 1 N–H and O–H groups in total. The van der Waals surface area contributed by atoms with Gasteiger partial charge < -0.3 is 14.8 Å². The topological polar surface area (TPSA) is 93.7 Å². The maximum Gasteiger partial charge on any atom is 0.407 e. The second kappa shape index (κ2) is 12.1. The summed E-state index contributed by atoms with van der Waals surface area (Å²) in [7, 11) is 1.37. The number of nitrogens with zero attached hydrogens (tertiary/aromatic N) is 3. The van der Waals surface area contributed by atoms with E-state index >= 15 is 0 Å². The number of methoxy groups -OCH3 is 1. The summed E-state index contributed by atoms with van der Waals surface area (Å²) < 4.78 is 10.1. The Morgan fingerprint density at radius 2 is 2.03 bits per heavy atom. The van der Waals surface area contributed by atoms with Gasteiger partial charge in [0.1, 0.15) is 5.60 Å². The molecule has 35 heavy (non-hydrogen) atoms. The smallest absolute Gasteiger partial charge is 0.407 e. The number of carbonyl (C=O) groups excluding carboxylic acids is 2. The highest BCUT2D eigenvalue weighted by Crippen LogP contribution is 2.34. The summed E-state index contributed by atoms with van der Waals surface area (Å²) in [6, 6.07) is 6.22. The van der Waals surface area contributed by atoms with Gasteiger partial charge in [-0.3, -0.25) is 14.9 Å². The Morgan fingerprint density at radius 3 is 2.74 bits per heavy atom.